The summed E-state index contributed by atoms with van der Waals surface area (Å²) in [6.07, 6.45) is 3.25. The van der Waals surface area contributed by atoms with Crippen molar-refractivity contribution >= 4 is 16.9 Å². The monoisotopic (exact) mass is 484 g/mol. The van der Waals surface area contributed by atoms with Gasteiger partial charge >= 0.3 is 0 Å². The first-order valence-corrected chi connectivity index (χ1v) is 12.6. The highest BCUT2D eigenvalue weighted by molar-refractivity contribution is 5.94. The van der Waals surface area contributed by atoms with Gasteiger partial charge in [-0.05, 0) is 68.2 Å². The molecule has 0 radical (unpaired) electrons. The SMILES string of the molecule is CCCCN(C)Cc1ccc2c(c1)nc(CN(CC(C)C)C(=O)c1cc(F)ccc1F)n2CCC. The van der Waals surface area contributed by atoms with Gasteiger partial charge in [0.1, 0.15) is 17.5 Å². The van der Waals surface area contributed by atoms with Crippen LogP contribution < -0.4 is 0 Å². The zero-order chi connectivity index (χ0) is 25.5. The van der Waals surface area contributed by atoms with Crippen LogP contribution in [0.15, 0.2) is 36.4 Å². The summed E-state index contributed by atoms with van der Waals surface area (Å²) in [4.78, 5) is 22.1. The van der Waals surface area contributed by atoms with Crippen molar-refractivity contribution in [2.45, 2.75) is 66.6 Å². The number of aryl methyl sites for hydroxylation is 1. The molecule has 0 aliphatic heterocycles. The van der Waals surface area contributed by atoms with Crippen molar-refractivity contribution in [1.82, 2.24) is 19.4 Å². The Morgan fingerprint density at radius 2 is 1.83 bits per heavy atom. The smallest absolute Gasteiger partial charge is 0.257 e. The fourth-order valence-corrected chi connectivity index (χ4v) is 4.40. The molecule has 3 rings (SSSR count). The van der Waals surface area contributed by atoms with Crippen LogP contribution in [0.1, 0.15) is 68.7 Å². The lowest BCUT2D eigenvalue weighted by Gasteiger charge is -2.25. The van der Waals surface area contributed by atoms with E-state index in [0.717, 1.165) is 61.1 Å². The van der Waals surface area contributed by atoms with E-state index in [9.17, 15) is 13.6 Å². The number of amides is 1. The standard InChI is InChI=1S/C28H38F2N4O/c1-6-8-14-32(5)18-21-9-12-26-25(15-21)31-27(34(26)13-7-2)19-33(17-20(3)4)28(35)23-16-22(29)10-11-24(23)30/h9-12,15-16,20H,6-8,13-14,17-19H2,1-5H3. The molecule has 0 N–H and O–H groups in total. The van der Waals surface area contributed by atoms with Crippen molar-refractivity contribution in [2.24, 2.45) is 5.92 Å². The highest BCUT2D eigenvalue weighted by Crippen LogP contribution is 2.22. The van der Waals surface area contributed by atoms with Crippen molar-refractivity contribution in [1.29, 1.82) is 0 Å². The Kier molecular flexibility index (Phi) is 9.38. The predicted octanol–water partition coefficient (Wildman–Crippen LogP) is 6.25. The van der Waals surface area contributed by atoms with Crippen molar-refractivity contribution < 1.29 is 13.6 Å². The molecule has 7 heteroatoms. The van der Waals surface area contributed by atoms with E-state index >= 15 is 0 Å². The summed E-state index contributed by atoms with van der Waals surface area (Å²) in [5, 5.41) is 0. The predicted molar refractivity (Wildman–Crippen MR) is 137 cm³/mol. The molecular formula is C28H38F2N4O. The van der Waals surface area contributed by atoms with Gasteiger partial charge in [-0.25, -0.2) is 13.8 Å². The Bertz CT molecular complexity index is 1140. The summed E-state index contributed by atoms with van der Waals surface area (Å²) < 4.78 is 30.4. The van der Waals surface area contributed by atoms with E-state index in [1.54, 1.807) is 4.90 Å². The number of hydrogen-bond donors (Lipinski definition) is 0. The zero-order valence-electron chi connectivity index (χ0n) is 21.7. The Morgan fingerprint density at radius 1 is 1.06 bits per heavy atom. The summed E-state index contributed by atoms with van der Waals surface area (Å²) in [5.74, 6) is -0.962. The minimum absolute atomic E-state index is 0.157. The molecule has 1 aromatic heterocycles. The second-order valence-electron chi connectivity index (χ2n) is 9.80. The van der Waals surface area contributed by atoms with Gasteiger partial charge in [0.25, 0.3) is 5.91 Å². The van der Waals surface area contributed by atoms with Crippen LogP contribution in [-0.2, 0) is 19.6 Å². The maximum atomic E-state index is 14.4. The van der Waals surface area contributed by atoms with Gasteiger partial charge in [-0.2, -0.15) is 0 Å². The van der Waals surface area contributed by atoms with E-state index < -0.39 is 17.5 Å². The average Bonchev–Trinajstić information content (AvgIpc) is 3.14. The second-order valence-corrected chi connectivity index (χ2v) is 9.80. The molecule has 0 aliphatic rings. The topological polar surface area (TPSA) is 41.4 Å². The van der Waals surface area contributed by atoms with Crippen LogP contribution in [0.4, 0.5) is 8.78 Å². The lowest BCUT2D eigenvalue weighted by molar-refractivity contribution is 0.0711. The first kappa shape index (κ1) is 26.8. The number of unbranched alkanes of at least 4 members (excludes halogenated alkanes) is 1. The minimum atomic E-state index is -0.718. The lowest BCUT2D eigenvalue weighted by atomic mass is 10.1. The third-order valence-corrected chi connectivity index (χ3v) is 6.05. The van der Waals surface area contributed by atoms with Gasteiger partial charge < -0.3 is 14.4 Å². The average molecular weight is 485 g/mol. The molecule has 3 aromatic rings. The maximum absolute atomic E-state index is 14.4. The van der Waals surface area contributed by atoms with Crippen LogP contribution in [0.3, 0.4) is 0 Å². The number of imidazole rings is 1. The van der Waals surface area contributed by atoms with Crippen LogP contribution in [-0.4, -0.2) is 45.4 Å². The van der Waals surface area contributed by atoms with Crippen LogP contribution in [0, 0.1) is 17.6 Å². The normalized spacial score (nSPS) is 11.7. The van der Waals surface area contributed by atoms with Gasteiger partial charge in [-0.15, -0.1) is 0 Å². The van der Waals surface area contributed by atoms with E-state index in [1.165, 1.54) is 18.4 Å². The molecule has 0 saturated carbocycles. The van der Waals surface area contributed by atoms with E-state index in [4.69, 9.17) is 4.98 Å². The molecule has 0 atom stereocenters. The number of fused-ring (bicyclic) bond motifs is 1. The molecule has 2 aromatic carbocycles. The molecule has 0 unspecified atom stereocenters. The van der Waals surface area contributed by atoms with E-state index in [1.807, 2.05) is 13.8 Å². The Hall–Kier alpha value is -2.80. The van der Waals surface area contributed by atoms with Crippen LogP contribution in [0.25, 0.3) is 11.0 Å². The number of aromatic nitrogens is 2. The fourth-order valence-electron chi connectivity index (χ4n) is 4.40. The number of halogens is 2. The number of rotatable bonds is 12. The number of benzene rings is 2. The van der Waals surface area contributed by atoms with Gasteiger partial charge in [-0.3, -0.25) is 4.79 Å². The molecule has 35 heavy (non-hydrogen) atoms. The van der Waals surface area contributed by atoms with Crippen molar-refractivity contribution in [3.8, 4) is 0 Å². The fraction of sp³-hybridized carbons (Fsp3) is 0.500. The summed E-state index contributed by atoms with van der Waals surface area (Å²) in [5.41, 5.74) is 2.86. The molecule has 0 fully saturated rings. The Labute approximate surface area is 207 Å². The summed E-state index contributed by atoms with van der Waals surface area (Å²) in [6.45, 7) is 11.6. The first-order valence-electron chi connectivity index (χ1n) is 12.6. The van der Waals surface area contributed by atoms with Crippen molar-refractivity contribution in [3.05, 3.63) is 65.0 Å². The van der Waals surface area contributed by atoms with Crippen LogP contribution in [0.2, 0.25) is 0 Å². The van der Waals surface area contributed by atoms with Gasteiger partial charge in [0, 0.05) is 19.6 Å². The van der Waals surface area contributed by atoms with Gasteiger partial charge in [0.05, 0.1) is 23.1 Å². The highest BCUT2D eigenvalue weighted by Gasteiger charge is 2.24. The van der Waals surface area contributed by atoms with Gasteiger partial charge in [0.2, 0.25) is 0 Å². The summed E-state index contributed by atoms with van der Waals surface area (Å²) >= 11 is 0. The maximum Gasteiger partial charge on any atom is 0.257 e. The lowest BCUT2D eigenvalue weighted by Crippen LogP contribution is -2.35. The zero-order valence-corrected chi connectivity index (χ0v) is 21.7. The molecule has 1 amide bonds. The molecule has 1 heterocycles. The molecule has 0 spiro atoms. The minimum Gasteiger partial charge on any atom is -0.331 e. The highest BCUT2D eigenvalue weighted by atomic mass is 19.1. The number of nitrogens with zero attached hydrogens (tertiary/aromatic N) is 4. The molecule has 5 nitrogen and oxygen atoms in total. The van der Waals surface area contributed by atoms with Crippen molar-refractivity contribution in [2.75, 3.05) is 20.1 Å². The third-order valence-electron chi connectivity index (χ3n) is 6.05. The molecule has 0 saturated heterocycles. The van der Waals surface area contributed by atoms with E-state index in [2.05, 4.69) is 48.6 Å². The van der Waals surface area contributed by atoms with Crippen LogP contribution >= 0.6 is 0 Å². The summed E-state index contributed by atoms with van der Waals surface area (Å²) in [7, 11) is 2.13. The van der Waals surface area contributed by atoms with E-state index in [-0.39, 0.29) is 18.0 Å². The number of carbonyl (C=O) groups is 1. The third kappa shape index (κ3) is 6.88. The van der Waals surface area contributed by atoms with Crippen LogP contribution in [0.5, 0.6) is 0 Å². The van der Waals surface area contributed by atoms with Crippen molar-refractivity contribution in [3.63, 3.8) is 0 Å². The second kappa shape index (κ2) is 12.2. The molecule has 0 bridgehead atoms. The molecule has 0 aliphatic carbocycles. The quantitative estimate of drug-likeness (QED) is 0.305. The van der Waals surface area contributed by atoms with E-state index in [0.29, 0.717) is 6.54 Å². The largest absolute Gasteiger partial charge is 0.331 e. The summed E-state index contributed by atoms with van der Waals surface area (Å²) in [6, 6.07) is 9.36. The number of carbonyl (C=O) groups excluding carboxylic acids is 1. The molecular weight excluding hydrogens is 446 g/mol. The number of hydrogen-bond acceptors (Lipinski definition) is 3. The van der Waals surface area contributed by atoms with Gasteiger partial charge in [0.15, 0.2) is 0 Å². The Balaban J connectivity index is 1.94. The first-order chi connectivity index (χ1) is 16.7. The Morgan fingerprint density at radius 3 is 2.51 bits per heavy atom. The van der Waals surface area contributed by atoms with Gasteiger partial charge in [-0.1, -0.05) is 40.2 Å². The molecule has 190 valence electrons.